The number of carbonyl (C=O) groups excluding carboxylic acids is 1. The van der Waals surface area contributed by atoms with E-state index < -0.39 is 11.4 Å². The zero-order valence-corrected chi connectivity index (χ0v) is 13.7. The smallest absolute Gasteiger partial charge is 0.340 e. The van der Waals surface area contributed by atoms with Crippen LogP contribution in [0.2, 0.25) is 0 Å². The van der Waals surface area contributed by atoms with Crippen molar-refractivity contribution in [2.24, 2.45) is 0 Å². The number of hydrogen-bond donors (Lipinski definition) is 3. The van der Waals surface area contributed by atoms with Gasteiger partial charge in [0.05, 0.1) is 17.7 Å². The van der Waals surface area contributed by atoms with Crippen LogP contribution in [0.3, 0.4) is 0 Å². The molecule has 0 spiro atoms. The third kappa shape index (κ3) is 2.83. The van der Waals surface area contributed by atoms with Crippen molar-refractivity contribution in [2.45, 2.75) is 20.3 Å². The Bertz CT molecular complexity index is 1010. The van der Waals surface area contributed by atoms with Crippen molar-refractivity contribution in [3.63, 3.8) is 0 Å². The molecule has 0 saturated carbocycles. The largest absolute Gasteiger partial charge is 0.504 e. The highest BCUT2D eigenvalue weighted by atomic mass is 32.1. The SMILES string of the molecule is Cc1csc(NC(=O)Cc2c(C)c3ccc(O)c(O)c3oc2=O)n1. The molecule has 0 aliphatic heterocycles. The molecule has 0 unspecified atom stereocenters. The van der Waals surface area contributed by atoms with Crippen molar-refractivity contribution in [2.75, 3.05) is 5.32 Å². The Morgan fingerprint density at radius 3 is 2.75 bits per heavy atom. The number of thiazole rings is 1. The first-order valence-corrected chi connectivity index (χ1v) is 7.94. The molecule has 0 atom stereocenters. The van der Waals surface area contributed by atoms with Gasteiger partial charge in [-0.3, -0.25) is 4.79 Å². The van der Waals surface area contributed by atoms with E-state index in [2.05, 4.69) is 10.3 Å². The van der Waals surface area contributed by atoms with Gasteiger partial charge in [0.25, 0.3) is 0 Å². The third-order valence-electron chi connectivity index (χ3n) is 3.61. The number of carbonyl (C=O) groups is 1. The Hall–Kier alpha value is -2.87. The van der Waals surface area contributed by atoms with Crippen LogP contribution in [0.1, 0.15) is 16.8 Å². The lowest BCUT2D eigenvalue weighted by atomic mass is 10.0. The van der Waals surface area contributed by atoms with Crippen molar-refractivity contribution < 1.29 is 19.4 Å². The van der Waals surface area contributed by atoms with E-state index in [0.29, 0.717) is 16.1 Å². The molecule has 2 aromatic heterocycles. The van der Waals surface area contributed by atoms with Crippen LogP contribution in [-0.4, -0.2) is 21.1 Å². The summed E-state index contributed by atoms with van der Waals surface area (Å²) in [5.74, 6) is -1.27. The number of aromatic nitrogens is 1. The van der Waals surface area contributed by atoms with Gasteiger partial charge in [0.15, 0.2) is 16.5 Å². The molecule has 0 fully saturated rings. The minimum absolute atomic E-state index is 0.0998. The van der Waals surface area contributed by atoms with Gasteiger partial charge in [-0.25, -0.2) is 9.78 Å². The van der Waals surface area contributed by atoms with Gasteiger partial charge in [-0.05, 0) is 31.5 Å². The molecule has 0 radical (unpaired) electrons. The van der Waals surface area contributed by atoms with E-state index in [4.69, 9.17) is 4.42 Å². The van der Waals surface area contributed by atoms with Crippen LogP contribution in [0, 0.1) is 13.8 Å². The van der Waals surface area contributed by atoms with Crippen LogP contribution in [0.4, 0.5) is 5.13 Å². The molecule has 8 heteroatoms. The maximum absolute atomic E-state index is 12.2. The molecule has 1 amide bonds. The standard InChI is InChI=1S/C16H14N2O5S/c1-7-6-24-16(17-7)18-12(20)5-10-8(2)9-3-4-11(19)13(21)14(9)23-15(10)22/h3-4,6,19,21H,5H2,1-2H3,(H,17,18,20). The number of aromatic hydroxyl groups is 2. The first-order valence-electron chi connectivity index (χ1n) is 7.06. The van der Waals surface area contributed by atoms with Gasteiger partial charge in [-0.15, -0.1) is 11.3 Å². The van der Waals surface area contributed by atoms with Crippen LogP contribution in [0.25, 0.3) is 11.0 Å². The predicted molar refractivity (Wildman–Crippen MR) is 89.7 cm³/mol. The average Bonchev–Trinajstić information content (AvgIpc) is 2.93. The number of aryl methyl sites for hydroxylation is 2. The Morgan fingerprint density at radius 2 is 2.08 bits per heavy atom. The number of fused-ring (bicyclic) bond motifs is 1. The second-order valence-electron chi connectivity index (χ2n) is 5.32. The predicted octanol–water partition coefficient (Wildman–Crippen LogP) is 2.46. The molecule has 124 valence electrons. The van der Waals surface area contributed by atoms with E-state index in [1.54, 1.807) is 12.3 Å². The van der Waals surface area contributed by atoms with Gasteiger partial charge in [0.1, 0.15) is 0 Å². The molecular formula is C16H14N2O5S. The quantitative estimate of drug-likeness (QED) is 0.496. The Labute approximate surface area is 140 Å². The lowest BCUT2D eigenvalue weighted by Crippen LogP contribution is -2.20. The molecule has 0 saturated heterocycles. The summed E-state index contributed by atoms with van der Waals surface area (Å²) in [7, 11) is 0. The zero-order chi connectivity index (χ0) is 17.4. The summed E-state index contributed by atoms with van der Waals surface area (Å²) in [4.78, 5) is 28.4. The second kappa shape index (κ2) is 5.97. The highest BCUT2D eigenvalue weighted by Gasteiger charge is 2.18. The van der Waals surface area contributed by atoms with Crippen LogP contribution < -0.4 is 10.9 Å². The van der Waals surface area contributed by atoms with Crippen molar-refractivity contribution in [1.82, 2.24) is 4.98 Å². The van der Waals surface area contributed by atoms with Crippen molar-refractivity contribution >= 4 is 33.3 Å². The lowest BCUT2D eigenvalue weighted by Gasteiger charge is -2.09. The highest BCUT2D eigenvalue weighted by molar-refractivity contribution is 7.13. The number of rotatable bonds is 3. The van der Waals surface area contributed by atoms with Gasteiger partial charge >= 0.3 is 5.63 Å². The number of hydrogen-bond acceptors (Lipinski definition) is 7. The van der Waals surface area contributed by atoms with E-state index in [1.807, 2.05) is 6.92 Å². The summed E-state index contributed by atoms with van der Waals surface area (Å²) in [6.07, 6.45) is -0.176. The molecule has 3 rings (SSSR count). The summed E-state index contributed by atoms with van der Waals surface area (Å²) < 4.78 is 5.08. The van der Waals surface area contributed by atoms with Crippen molar-refractivity contribution in [3.05, 3.63) is 44.8 Å². The maximum Gasteiger partial charge on any atom is 0.340 e. The lowest BCUT2D eigenvalue weighted by molar-refractivity contribution is -0.115. The monoisotopic (exact) mass is 346 g/mol. The van der Waals surface area contributed by atoms with Gasteiger partial charge in [-0.2, -0.15) is 0 Å². The fraction of sp³-hybridized carbons (Fsp3) is 0.188. The van der Waals surface area contributed by atoms with E-state index >= 15 is 0 Å². The number of phenolic OH excluding ortho intramolecular Hbond substituents is 2. The molecule has 0 aliphatic carbocycles. The molecule has 3 aromatic rings. The van der Waals surface area contributed by atoms with Crippen LogP contribution in [0.5, 0.6) is 11.5 Å². The van der Waals surface area contributed by atoms with Crippen molar-refractivity contribution in [3.8, 4) is 11.5 Å². The number of nitrogens with zero attached hydrogens (tertiary/aromatic N) is 1. The van der Waals surface area contributed by atoms with Gasteiger partial charge in [-0.1, -0.05) is 0 Å². The van der Waals surface area contributed by atoms with Crippen molar-refractivity contribution in [1.29, 1.82) is 0 Å². The normalized spacial score (nSPS) is 10.9. The second-order valence-corrected chi connectivity index (χ2v) is 6.18. The Balaban J connectivity index is 1.96. The number of nitrogens with one attached hydrogen (secondary N) is 1. The number of amides is 1. The first-order chi connectivity index (χ1) is 11.4. The van der Waals surface area contributed by atoms with Gasteiger partial charge in [0, 0.05) is 10.8 Å². The average molecular weight is 346 g/mol. The van der Waals surface area contributed by atoms with Gasteiger partial charge in [0.2, 0.25) is 11.7 Å². The fourth-order valence-corrected chi connectivity index (χ4v) is 3.07. The Kier molecular flexibility index (Phi) is 3.98. The molecule has 0 aliphatic rings. The molecule has 7 nitrogen and oxygen atoms in total. The summed E-state index contributed by atoms with van der Waals surface area (Å²) in [5, 5.41) is 24.7. The third-order valence-corrected chi connectivity index (χ3v) is 4.49. The van der Waals surface area contributed by atoms with E-state index in [9.17, 15) is 19.8 Å². The maximum atomic E-state index is 12.2. The Morgan fingerprint density at radius 1 is 1.33 bits per heavy atom. The molecular weight excluding hydrogens is 332 g/mol. The zero-order valence-electron chi connectivity index (χ0n) is 12.9. The summed E-state index contributed by atoms with van der Waals surface area (Å²) in [5.41, 5.74) is 0.677. The van der Waals surface area contributed by atoms with E-state index in [0.717, 1.165) is 5.69 Å². The van der Waals surface area contributed by atoms with E-state index in [1.165, 1.54) is 23.5 Å². The van der Waals surface area contributed by atoms with Crippen LogP contribution in [-0.2, 0) is 11.2 Å². The minimum atomic E-state index is -0.730. The molecule has 3 N–H and O–H groups in total. The molecule has 0 bridgehead atoms. The van der Waals surface area contributed by atoms with Gasteiger partial charge < -0.3 is 19.9 Å². The summed E-state index contributed by atoms with van der Waals surface area (Å²) >= 11 is 1.30. The summed E-state index contributed by atoms with van der Waals surface area (Å²) in [6.45, 7) is 3.47. The summed E-state index contributed by atoms with van der Waals surface area (Å²) in [6, 6.07) is 2.82. The van der Waals surface area contributed by atoms with Crippen LogP contribution in [0.15, 0.2) is 26.7 Å². The fourth-order valence-electron chi connectivity index (χ4n) is 2.37. The van der Waals surface area contributed by atoms with Crippen LogP contribution >= 0.6 is 11.3 Å². The minimum Gasteiger partial charge on any atom is -0.504 e. The molecule has 2 heterocycles. The van der Waals surface area contributed by atoms with E-state index in [-0.39, 0.29) is 29.2 Å². The number of benzene rings is 1. The molecule has 24 heavy (non-hydrogen) atoms. The first kappa shape index (κ1) is 16.0. The highest BCUT2D eigenvalue weighted by Crippen LogP contribution is 2.34. The number of anilines is 1. The topological polar surface area (TPSA) is 113 Å². The number of phenols is 2. The molecule has 1 aromatic carbocycles.